The molecule has 0 amide bonds. The Kier molecular flexibility index (Phi) is 65.5. The molecule has 0 heterocycles. The molecule has 0 aromatic carbocycles. The fourth-order valence-electron chi connectivity index (χ4n) is 2.61. The quantitative estimate of drug-likeness (QED) is 0.0539. The van der Waals surface area contributed by atoms with Gasteiger partial charge in [-0.2, -0.15) is 12.8 Å². The summed E-state index contributed by atoms with van der Waals surface area (Å²) >= 11 is 0.750. The van der Waals surface area contributed by atoms with Crippen LogP contribution in [0.4, 0.5) is 0 Å². The van der Waals surface area contributed by atoms with Gasteiger partial charge in [-0.15, -0.1) is 0 Å². The molecule has 6 nitrogen and oxygen atoms in total. The van der Waals surface area contributed by atoms with Gasteiger partial charge < -0.3 is 25.5 Å². The second-order valence-electron chi connectivity index (χ2n) is 8.55. The van der Waals surface area contributed by atoms with Crippen LogP contribution in [0.15, 0.2) is 0 Å². The number of rotatable bonds is 18. The molecule has 0 aliphatic carbocycles. The molecule has 0 atom stereocenters. The van der Waals surface area contributed by atoms with E-state index in [9.17, 15) is 0 Å². The average Bonchev–Trinajstić information content (AvgIpc) is 2.80. The molecule has 0 radical (unpaired) electrons. The Morgan fingerprint density at radius 1 is 0.559 bits per heavy atom. The van der Waals surface area contributed by atoms with Crippen LogP contribution in [0.2, 0.25) is 0 Å². The van der Waals surface area contributed by atoms with Crippen LogP contribution >= 0.6 is 0 Å². The van der Waals surface area contributed by atoms with Crippen molar-refractivity contribution in [1.29, 1.82) is 0 Å². The zero-order valence-electron chi connectivity index (χ0n) is 23.2. The predicted molar refractivity (Wildman–Crippen MR) is 139 cm³/mol. The van der Waals surface area contributed by atoms with Gasteiger partial charge in [0.2, 0.25) is 0 Å². The molecule has 0 bridgehead atoms. The first-order chi connectivity index (χ1) is 16.3. The summed E-state index contributed by atoms with van der Waals surface area (Å²) in [5.41, 5.74) is 0. The van der Waals surface area contributed by atoms with E-state index >= 15 is 0 Å². The van der Waals surface area contributed by atoms with Crippen molar-refractivity contribution in [1.82, 2.24) is 0 Å². The fourth-order valence-corrected chi connectivity index (χ4v) is 2.61. The van der Waals surface area contributed by atoms with Crippen LogP contribution in [0.1, 0.15) is 150 Å². The van der Waals surface area contributed by atoms with Gasteiger partial charge in [-0.3, -0.25) is 0 Å². The molecule has 0 aliphatic heterocycles. The van der Waals surface area contributed by atoms with Gasteiger partial charge in [-0.05, 0) is 26.7 Å². The second-order valence-corrected chi connectivity index (χ2v) is 8.55. The molecule has 0 saturated heterocycles. The van der Waals surface area contributed by atoms with Gasteiger partial charge >= 0.3 is 23.7 Å². The molecule has 0 fully saturated rings. The molecule has 0 aromatic rings. The maximum absolute atomic E-state index is 8.46. The van der Waals surface area contributed by atoms with Gasteiger partial charge in [0.1, 0.15) is 0 Å². The topological polar surface area (TPSA) is 118 Å². The molecule has 0 aromatic heterocycles. The number of unbranched alkanes of at least 4 members (excludes halogenated alkanes) is 14. The number of hydrogen-bond acceptors (Lipinski definition) is 6. The molecule has 0 unspecified atom stereocenters. The third-order valence-electron chi connectivity index (χ3n) is 4.44. The minimum atomic E-state index is -1.10. The van der Waals surface area contributed by atoms with Gasteiger partial charge in [0.25, 0.3) is 0 Å². The van der Waals surface area contributed by atoms with E-state index in [4.69, 9.17) is 28.9 Å². The predicted octanol–water partition coefficient (Wildman–Crippen LogP) is 7.69. The Morgan fingerprint density at radius 3 is 1.06 bits per heavy atom. The molecule has 5 N–H and O–H groups in total. The molecule has 34 heavy (non-hydrogen) atoms. The van der Waals surface area contributed by atoms with Gasteiger partial charge in [0, 0.05) is 6.10 Å². The molecule has 7 heteroatoms. The van der Waals surface area contributed by atoms with Crippen molar-refractivity contribution in [3.8, 4) is 0 Å². The van der Waals surface area contributed by atoms with E-state index in [0.717, 1.165) is 58.9 Å². The summed E-state index contributed by atoms with van der Waals surface area (Å²) in [4.78, 5) is 0. The number of hydrogen-bond donors (Lipinski definition) is 5. The van der Waals surface area contributed by atoms with Crippen molar-refractivity contribution >= 4 is 0 Å². The third kappa shape index (κ3) is 84.9. The Bertz CT molecular complexity index is 253. The van der Waals surface area contributed by atoms with Crippen LogP contribution in [0, 0.1) is 13.2 Å². The molecular weight excluding hydrogens is 468 g/mol. The average molecular weight is 529 g/mol. The fraction of sp³-hybridized carbons (Fsp3) is 0.926. The summed E-state index contributed by atoms with van der Waals surface area (Å²) in [5, 5.41) is 41.6. The van der Waals surface area contributed by atoms with Crippen molar-refractivity contribution in [3.05, 3.63) is 13.2 Å². The third-order valence-corrected chi connectivity index (χ3v) is 4.44. The SMILES string of the molecule is CC(C)O.CCCCCCCC(O)O.CCCCCCC[CH-]O.CCCCCCC[CH-]O.[O]=[Ti+2]. The van der Waals surface area contributed by atoms with Crippen LogP contribution < -0.4 is 0 Å². The van der Waals surface area contributed by atoms with Gasteiger partial charge in [0.05, 0.1) is 0 Å². The Morgan fingerprint density at radius 2 is 0.824 bits per heavy atom. The normalized spacial score (nSPS) is 9.71. The van der Waals surface area contributed by atoms with E-state index in [1.165, 1.54) is 83.8 Å². The standard InChI is InChI=1S/C8H18O2.2C8H17O.C3H8O.O.Ti/c1-2-3-4-5-6-7-8(9)10;2*1-2-3-4-5-6-7-8-9;1-3(2)4;;/h8-10H,2-7H2,1H3;2*8-9H,2-7H2,1H3;3-4H,1-2H3;;/q;2*-1;;;+2. The molecule has 0 aliphatic rings. The molecule has 0 spiro atoms. The summed E-state index contributed by atoms with van der Waals surface area (Å²) in [5.74, 6) is 0. The van der Waals surface area contributed by atoms with E-state index in [1.54, 1.807) is 13.8 Å². The zero-order chi connectivity index (χ0) is 27.3. The number of aliphatic hydroxyl groups excluding tert-OH is 4. The molecular formula is C27H60O6Ti. The van der Waals surface area contributed by atoms with Gasteiger partial charge in [0.15, 0.2) is 6.29 Å². The van der Waals surface area contributed by atoms with Crippen LogP contribution in [0.3, 0.4) is 0 Å². The monoisotopic (exact) mass is 528 g/mol. The molecule has 0 saturated carbocycles. The van der Waals surface area contributed by atoms with E-state index < -0.39 is 6.29 Å². The summed E-state index contributed by atoms with van der Waals surface area (Å²) in [7, 11) is 0. The van der Waals surface area contributed by atoms with Crippen LogP contribution in [0.5, 0.6) is 0 Å². The van der Waals surface area contributed by atoms with Crippen LogP contribution in [-0.2, 0) is 23.7 Å². The molecule has 208 valence electrons. The zero-order valence-corrected chi connectivity index (χ0v) is 24.7. The summed E-state index contributed by atoms with van der Waals surface area (Å²) in [6.07, 6.45) is 19.5. The molecule has 0 rings (SSSR count). The van der Waals surface area contributed by atoms with E-state index in [-0.39, 0.29) is 6.10 Å². The van der Waals surface area contributed by atoms with E-state index in [1.807, 2.05) is 0 Å². The Labute approximate surface area is 224 Å². The van der Waals surface area contributed by atoms with E-state index in [0.29, 0.717) is 6.42 Å². The summed E-state index contributed by atoms with van der Waals surface area (Å²) < 4.78 is 8.25. The summed E-state index contributed by atoms with van der Waals surface area (Å²) in [6.45, 7) is 12.5. The van der Waals surface area contributed by atoms with Crippen molar-refractivity contribution in [2.75, 3.05) is 0 Å². The Hall–Kier alpha value is 0.314. The second kappa shape index (κ2) is 50.2. The van der Waals surface area contributed by atoms with Crippen molar-refractivity contribution in [2.45, 2.75) is 163 Å². The van der Waals surface area contributed by atoms with E-state index in [2.05, 4.69) is 20.8 Å². The minimum absolute atomic E-state index is 0.167. The van der Waals surface area contributed by atoms with Gasteiger partial charge in [-0.1, -0.05) is 111 Å². The first-order valence-corrected chi connectivity index (χ1v) is 14.1. The maximum atomic E-state index is 8.46. The van der Waals surface area contributed by atoms with Crippen molar-refractivity contribution in [2.24, 2.45) is 0 Å². The van der Waals surface area contributed by atoms with Crippen molar-refractivity contribution < 1.29 is 49.3 Å². The summed E-state index contributed by atoms with van der Waals surface area (Å²) in [6, 6.07) is 0. The van der Waals surface area contributed by atoms with Crippen LogP contribution in [-0.4, -0.2) is 37.9 Å². The van der Waals surface area contributed by atoms with Gasteiger partial charge in [-0.25, -0.2) is 13.2 Å². The number of aliphatic hydroxyl groups is 5. The van der Waals surface area contributed by atoms with Crippen LogP contribution in [0.25, 0.3) is 0 Å². The first kappa shape index (κ1) is 44.3. The Balaban J connectivity index is -0.000000111. The van der Waals surface area contributed by atoms with Crippen molar-refractivity contribution in [3.63, 3.8) is 0 Å². The first-order valence-electron chi connectivity index (χ1n) is 13.5.